The van der Waals surface area contributed by atoms with Crippen molar-refractivity contribution in [3.63, 3.8) is 0 Å². The minimum atomic E-state index is -1.05. The van der Waals surface area contributed by atoms with Crippen molar-refractivity contribution in [3.05, 3.63) is 23.2 Å². The lowest BCUT2D eigenvalue weighted by molar-refractivity contribution is 0.0643. The molecule has 1 rings (SSSR count). The molecule has 0 spiro atoms. The maximum atomic E-state index is 12.8. The normalized spacial score (nSPS) is 12.2. The molecule has 1 aromatic rings. The monoisotopic (exact) mass is 323 g/mol. The van der Waals surface area contributed by atoms with Gasteiger partial charge in [0.1, 0.15) is 11.3 Å². The molecule has 1 amide bonds. The smallest absolute Gasteiger partial charge is 0.339 e. The second-order valence-electron chi connectivity index (χ2n) is 5.95. The van der Waals surface area contributed by atoms with Gasteiger partial charge in [-0.1, -0.05) is 40.0 Å². The summed E-state index contributed by atoms with van der Waals surface area (Å²) in [6.45, 7) is 8.75. The van der Waals surface area contributed by atoms with Crippen LogP contribution in [0, 0.1) is 0 Å². The summed E-state index contributed by atoms with van der Waals surface area (Å²) in [6, 6.07) is 1.49. The van der Waals surface area contributed by atoms with Crippen molar-refractivity contribution in [1.82, 2.24) is 4.90 Å². The minimum absolute atomic E-state index is 0.0903. The molecule has 0 radical (unpaired) electrons. The van der Waals surface area contributed by atoms with E-state index in [0.717, 1.165) is 32.1 Å². The highest BCUT2D eigenvalue weighted by Gasteiger charge is 2.26. The van der Waals surface area contributed by atoms with Crippen LogP contribution in [0.5, 0.6) is 0 Å². The number of furan rings is 1. The summed E-state index contributed by atoms with van der Waals surface area (Å²) in [5.41, 5.74) is 0.0903. The van der Waals surface area contributed by atoms with Crippen LogP contribution in [0.4, 0.5) is 0 Å². The van der Waals surface area contributed by atoms with Gasteiger partial charge in [-0.2, -0.15) is 0 Å². The van der Waals surface area contributed by atoms with Crippen molar-refractivity contribution < 1.29 is 19.1 Å². The lowest BCUT2D eigenvalue weighted by atomic mass is 10.1. The van der Waals surface area contributed by atoms with E-state index in [1.165, 1.54) is 6.07 Å². The number of carboxylic acids is 1. The number of hydrogen-bond acceptors (Lipinski definition) is 3. The molecule has 1 aromatic heterocycles. The van der Waals surface area contributed by atoms with Crippen molar-refractivity contribution in [2.45, 2.75) is 72.3 Å². The van der Waals surface area contributed by atoms with Crippen molar-refractivity contribution in [2.75, 3.05) is 6.54 Å². The van der Waals surface area contributed by atoms with E-state index in [1.54, 1.807) is 0 Å². The van der Waals surface area contributed by atoms with E-state index in [0.29, 0.717) is 18.7 Å². The molecular weight excluding hydrogens is 294 g/mol. The number of unbranched alkanes of at least 4 members (excludes halogenated alkanes) is 2. The fraction of sp³-hybridized carbons (Fsp3) is 0.667. The standard InChI is InChI=1S/C18H29NO4/c1-5-8-9-11-19(13(4)10-6-2)17(20)16-12-14(18(21)22)15(7-3)23-16/h12-13H,5-11H2,1-4H3,(H,21,22). The molecule has 0 aliphatic rings. The predicted octanol–water partition coefficient (Wildman–Crippen LogP) is 4.36. The summed E-state index contributed by atoms with van der Waals surface area (Å²) in [7, 11) is 0. The van der Waals surface area contributed by atoms with E-state index in [4.69, 9.17) is 4.42 Å². The van der Waals surface area contributed by atoms with Crippen LogP contribution in [-0.2, 0) is 6.42 Å². The number of carboxylic acid groups (broad SMARTS) is 1. The van der Waals surface area contributed by atoms with Crippen LogP contribution in [0.25, 0.3) is 0 Å². The Bertz CT molecular complexity index is 521. The summed E-state index contributed by atoms with van der Waals surface area (Å²) in [4.78, 5) is 25.9. The molecule has 5 heteroatoms. The molecule has 0 aliphatic heterocycles. The molecule has 0 saturated heterocycles. The number of carbonyl (C=O) groups excluding carboxylic acids is 1. The Balaban J connectivity index is 3.00. The Morgan fingerprint density at radius 2 is 1.91 bits per heavy atom. The third-order valence-electron chi connectivity index (χ3n) is 4.07. The van der Waals surface area contributed by atoms with Crippen molar-refractivity contribution >= 4 is 11.9 Å². The van der Waals surface area contributed by atoms with Gasteiger partial charge >= 0.3 is 5.97 Å². The molecule has 1 heterocycles. The maximum absolute atomic E-state index is 12.8. The molecule has 1 N–H and O–H groups in total. The molecule has 0 bridgehead atoms. The van der Waals surface area contributed by atoms with Crippen LogP contribution in [0.1, 0.15) is 86.5 Å². The van der Waals surface area contributed by atoms with Gasteiger partial charge in [-0.15, -0.1) is 0 Å². The van der Waals surface area contributed by atoms with Crippen LogP contribution < -0.4 is 0 Å². The first-order chi connectivity index (χ1) is 11.0. The second-order valence-corrected chi connectivity index (χ2v) is 5.95. The van der Waals surface area contributed by atoms with Gasteiger partial charge in [-0.25, -0.2) is 4.79 Å². The second kappa shape index (κ2) is 9.38. The van der Waals surface area contributed by atoms with Gasteiger partial charge in [0.15, 0.2) is 5.76 Å². The summed E-state index contributed by atoms with van der Waals surface area (Å²) in [5, 5.41) is 9.21. The number of carbonyl (C=O) groups is 2. The predicted molar refractivity (Wildman–Crippen MR) is 90.0 cm³/mol. The van der Waals surface area contributed by atoms with E-state index in [2.05, 4.69) is 13.8 Å². The number of rotatable bonds is 10. The lowest BCUT2D eigenvalue weighted by Gasteiger charge is -2.28. The molecule has 1 unspecified atom stereocenters. The van der Waals surface area contributed by atoms with E-state index >= 15 is 0 Å². The topological polar surface area (TPSA) is 70.8 Å². The third kappa shape index (κ3) is 5.12. The van der Waals surface area contributed by atoms with Crippen LogP contribution in [0.2, 0.25) is 0 Å². The fourth-order valence-corrected chi connectivity index (χ4v) is 2.75. The number of nitrogens with zero attached hydrogens (tertiary/aromatic N) is 1. The number of hydrogen-bond donors (Lipinski definition) is 1. The van der Waals surface area contributed by atoms with Crippen LogP contribution in [0.15, 0.2) is 10.5 Å². The van der Waals surface area contributed by atoms with Gasteiger partial charge in [0.05, 0.1) is 0 Å². The molecule has 0 saturated carbocycles. The van der Waals surface area contributed by atoms with Gasteiger partial charge in [0, 0.05) is 25.1 Å². The molecule has 23 heavy (non-hydrogen) atoms. The molecule has 1 atom stereocenters. The Morgan fingerprint density at radius 3 is 2.39 bits per heavy atom. The van der Waals surface area contributed by atoms with Gasteiger partial charge in [0.2, 0.25) is 0 Å². The Hall–Kier alpha value is -1.78. The first-order valence-corrected chi connectivity index (χ1v) is 8.63. The van der Waals surface area contributed by atoms with E-state index in [-0.39, 0.29) is 23.3 Å². The molecule has 0 aromatic carbocycles. The molecule has 0 aliphatic carbocycles. The Kier molecular flexibility index (Phi) is 7.86. The molecular formula is C18H29NO4. The summed E-state index contributed by atoms with van der Waals surface area (Å²) >= 11 is 0. The zero-order valence-electron chi connectivity index (χ0n) is 14.7. The lowest BCUT2D eigenvalue weighted by Crippen LogP contribution is -2.39. The quantitative estimate of drug-likeness (QED) is 0.649. The van der Waals surface area contributed by atoms with E-state index in [1.807, 2.05) is 18.7 Å². The summed E-state index contributed by atoms with van der Waals surface area (Å²) in [5.74, 6) is -0.760. The number of aromatic carboxylic acids is 1. The average Bonchev–Trinajstić information content (AvgIpc) is 2.95. The first kappa shape index (κ1) is 19.3. The zero-order valence-corrected chi connectivity index (χ0v) is 14.7. The average molecular weight is 323 g/mol. The third-order valence-corrected chi connectivity index (χ3v) is 4.07. The van der Waals surface area contributed by atoms with Gasteiger partial charge in [-0.3, -0.25) is 4.79 Å². The van der Waals surface area contributed by atoms with Crippen molar-refractivity contribution in [2.24, 2.45) is 0 Å². The molecule has 5 nitrogen and oxygen atoms in total. The molecule has 0 fully saturated rings. The highest BCUT2D eigenvalue weighted by Crippen LogP contribution is 2.20. The van der Waals surface area contributed by atoms with Crippen LogP contribution in [-0.4, -0.2) is 34.5 Å². The first-order valence-electron chi connectivity index (χ1n) is 8.63. The molecule has 130 valence electrons. The van der Waals surface area contributed by atoms with Crippen LogP contribution in [0.3, 0.4) is 0 Å². The summed E-state index contributed by atoms with van der Waals surface area (Å²) < 4.78 is 5.53. The number of aryl methyl sites for hydroxylation is 1. The van der Waals surface area contributed by atoms with Gasteiger partial charge < -0.3 is 14.4 Å². The Morgan fingerprint density at radius 1 is 1.22 bits per heavy atom. The SMILES string of the molecule is CCCCCN(C(=O)c1cc(C(=O)O)c(CC)o1)C(C)CCC. The van der Waals surface area contributed by atoms with Crippen LogP contribution >= 0.6 is 0 Å². The van der Waals surface area contributed by atoms with Crippen molar-refractivity contribution in [1.29, 1.82) is 0 Å². The minimum Gasteiger partial charge on any atom is -0.478 e. The maximum Gasteiger partial charge on any atom is 0.339 e. The van der Waals surface area contributed by atoms with Crippen molar-refractivity contribution in [3.8, 4) is 0 Å². The highest BCUT2D eigenvalue weighted by atomic mass is 16.4. The fourth-order valence-electron chi connectivity index (χ4n) is 2.75. The highest BCUT2D eigenvalue weighted by molar-refractivity contribution is 5.96. The van der Waals surface area contributed by atoms with E-state index in [9.17, 15) is 14.7 Å². The Labute approximate surface area is 138 Å². The number of amides is 1. The zero-order chi connectivity index (χ0) is 17.4. The van der Waals surface area contributed by atoms with E-state index < -0.39 is 5.97 Å². The van der Waals surface area contributed by atoms with Gasteiger partial charge in [0.25, 0.3) is 5.91 Å². The van der Waals surface area contributed by atoms with Gasteiger partial charge in [-0.05, 0) is 19.8 Å². The summed E-state index contributed by atoms with van der Waals surface area (Å²) in [6.07, 6.45) is 5.48. The largest absolute Gasteiger partial charge is 0.478 e.